The summed E-state index contributed by atoms with van der Waals surface area (Å²) in [6, 6.07) is 7.69. The van der Waals surface area contributed by atoms with E-state index in [0.29, 0.717) is 11.8 Å². The molecule has 2 N–H and O–H groups in total. The standard InChI is InChI=1S/C13H22N2O/c1-4-15(3)10-9-14-11(2)12-5-7-13(16)8-6-12/h5-8,11,14,16H,4,9-10H2,1-3H3. The molecule has 1 unspecified atom stereocenters. The molecule has 0 aliphatic rings. The van der Waals surface area contributed by atoms with E-state index in [2.05, 4.69) is 31.1 Å². The predicted octanol–water partition coefficient (Wildman–Crippen LogP) is 1.99. The second kappa shape index (κ2) is 6.51. The van der Waals surface area contributed by atoms with Crippen LogP contribution in [0, 0.1) is 0 Å². The van der Waals surface area contributed by atoms with Crippen molar-refractivity contribution in [2.45, 2.75) is 19.9 Å². The van der Waals surface area contributed by atoms with Crippen molar-refractivity contribution in [3.8, 4) is 5.75 Å². The van der Waals surface area contributed by atoms with Crippen LogP contribution in [0.15, 0.2) is 24.3 Å². The maximum Gasteiger partial charge on any atom is 0.115 e. The highest BCUT2D eigenvalue weighted by Gasteiger charge is 2.04. The summed E-state index contributed by atoms with van der Waals surface area (Å²) in [5.74, 6) is 0.321. The number of phenols is 1. The molecule has 0 saturated heterocycles. The van der Waals surface area contributed by atoms with Gasteiger partial charge in [-0.1, -0.05) is 19.1 Å². The highest BCUT2D eigenvalue weighted by atomic mass is 16.3. The maximum absolute atomic E-state index is 9.19. The van der Waals surface area contributed by atoms with Crippen LogP contribution in [0.1, 0.15) is 25.5 Å². The highest BCUT2D eigenvalue weighted by Crippen LogP contribution is 2.15. The molecular weight excluding hydrogens is 200 g/mol. The first-order chi connectivity index (χ1) is 7.63. The highest BCUT2D eigenvalue weighted by molar-refractivity contribution is 5.27. The van der Waals surface area contributed by atoms with Gasteiger partial charge in [0.1, 0.15) is 5.75 Å². The molecule has 3 nitrogen and oxygen atoms in total. The molecular formula is C13H22N2O. The molecule has 1 rings (SSSR count). The largest absolute Gasteiger partial charge is 0.508 e. The maximum atomic E-state index is 9.19. The predicted molar refractivity (Wildman–Crippen MR) is 67.7 cm³/mol. The van der Waals surface area contributed by atoms with E-state index < -0.39 is 0 Å². The van der Waals surface area contributed by atoms with Crippen molar-refractivity contribution in [2.75, 3.05) is 26.7 Å². The van der Waals surface area contributed by atoms with Gasteiger partial charge < -0.3 is 15.3 Å². The third kappa shape index (κ3) is 4.21. The Morgan fingerprint density at radius 3 is 2.50 bits per heavy atom. The van der Waals surface area contributed by atoms with Crippen LogP contribution in [0.4, 0.5) is 0 Å². The van der Waals surface area contributed by atoms with E-state index in [1.807, 2.05) is 12.1 Å². The number of hydrogen-bond acceptors (Lipinski definition) is 3. The lowest BCUT2D eigenvalue weighted by Crippen LogP contribution is -2.30. The number of phenolic OH excluding ortho intramolecular Hbond substituents is 1. The van der Waals surface area contributed by atoms with E-state index in [9.17, 15) is 5.11 Å². The van der Waals surface area contributed by atoms with E-state index in [4.69, 9.17) is 0 Å². The second-order valence-electron chi connectivity index (χ2n) is 4.16. The third-order valence-electron chi connectivity index (χ3n) is 2.88. The van der Waals surface area contributed by atoms with E-state index in [-0.39, 0.29) is 0 Å². The van der Waals surface area contributed by atoms with Crippen LogP contribution in [0.25, 0.3) is 0 Å². The first-order valence-electron chi connectivity index (χ1n) is 5.84. The first-order valence-corrected chi connectivity index (χ1v) is 5.84. The summed E-state index contributed by atoms with van der Waals surface area (Å²) >= 11 is 0. The Balaban J connectivity index is 2.35. The van der Waals surface area contributed by atoms with Gasteiger partial charge in [0.15, 0.2) is 0 Å². The normalized spacial score (nSPS) is 13.0. The molecule has 0 fully saturated rings. The van der Waals surface area contributed by atoms with Gasteiger partial charge in [-0.2, -0.15) is 0 Å². The first kappa shape index (κ1) is 13.0. The van der Waals surface area contributed by atoms with Gasteiger partial charge in [-0.25, -0.2) is 0 Å². The zero-order valence-corrected chi connectivity index (χ0v) is 10.4. The molecule has 90 valence electrons. The minimum atomic E-state index is 0.321. The second-order valence-corrected chi connectivity index (χ2v) is 4.16. The summed E-state index contributed by atoms with van der Waals surface area (Å²) in [4.78, 5) is 2.27. The number of nitrogens with zero attached hydrogens (tertiary/aromatic N) is 1. The number of rotatable bonds is 6. The van der Waals surface area contributed by atoms with Gasteiger partial charge in [0.25, 0.3) is 0 Å². The fourth-order valence-electron chi connectivity index (χ4n) is 1.51. The monoisotopic (exact) mass is 222 g/mol. The summed E-state index contributed by atoms with van der Waals surface area (Å²) in [6.45, 7) is 7.41. The van der Waals surface area contributed by atoms with Gasteiger partial charge in [-0.15, -0.1) is 0 Å². The van der Waals surface area contributed by atoms with Crippen molar-refractivity contribution in [1.82, 2.24) is 10.2 Å². The molecule has 16 heavy (non-hydrogen) atoms. The topological polar surface area (TPSA) is 35.5 Å². The molecule has 3 heteroatoms. The molecule has 0 amide bonds. The minimum Gasteiger partial charge on any atom is -0.508 e. The van der Waals surface area contributed by atoms with Crippen molar-refractivity contribution in [3.05, 3.63) is 29.8 Å². The molecule has 0 spiro atoms. The minimum absolute atomic E-state index is 0.321. The number of hydrogen-bond donors (Lipinski definition) is 2. The summed E-state index contributed by atoms with van der Waals surface area (Å²) < 4.78 is 0. The van der Waals surface area contributed by atoms with Crippen LogP contribution in [0.5, 0.6) is 5.75 Å². The SMILES string of the molecule is CCN(C)CCNC(C)c1ccc(O)cc1. The van der Waals surface area contributed by atoms with Crippen LogP contribution in [-0.4, -0.2) is 36.7 Å². The fraction of sp³-hybridized carbons (Fsp3) is 0.538. The Bertz CT molecular complexity index is 297. The van der Waals surface area contributed by atoms with E-state index in [1.54, 1.807) is 12.1 Å². The molecule has 0 heterocycles. The van der Waals surface area contributed by atoms with Gasteiger partial charge in [0, 0.05) is 19.1 Å². The Morgan fingerprint density at radius 2 is 1.94 bits per heavy atom. The van der Waals surface area contributed by atoms with Crippen LogP contribution in [0.2, 0.25) is 0 Å². The Kier molecular flexibility index (Phi) is 5.29. The van der Waals surface area contributed by atoms with Gasteiger partial charge in [-0.3, -0.25) is 0 Å². The molecule has 0 aliphatic heterocycles. The molecule has 0 bridgehead atoms. The Labute approximate surface area is 98.1 Å². The molecule has 0 aliphatic carbocycles. The Morgan fingerprint density at radius 1 is 1.31 bits per heavy atom. The Hall–Kier alpha value is -1.06. The average molecular weight is 222 g/mol. The van der Waals surface area contributed by atoms with Gasteiger partial charge in [0.2, 0.25) is 0 Å². The van der Waals surface area contributed by atoms with E-state index in [0.717, 1.165) is 19.6 Å². The van der Waals surface area contributed by atoms with Crippen LogP contribution in [-0.2, 0) is 0 Å². The zero-order chi connectivity index (χ0) is 12.0. The summed E-state index contributed by atoms with van der Waals surface area (Å²) in [7, 11) is 2.12. The van der Waals surface area contributed by atoms with Crippen molar-refractivity contribution in [2.24, 2.45) is 0 Å². The van der Waals surface area contributed by atoms with Gasteiger partial charge >= 0.3 is 0 Å². The number of benzene rings is 1. The number of nitrogens with one attached hydrogen (secondary N) is 1. The van der Waals surface area contributed by atoms with Gasteiger partial charge in [-0.05, 0) is 38.2 Å². The third-order valence-corrected chi connectivity index (χ3v) is 2.88. The zero-order valence-electron chi connectivity index (χ0n) is 10.4. The van der Waals surface area contributed by atoms with Crippen LogP contribution in [0.3, 0.4) is 0 Å². The average Bonchev–Trinajstić information content (AvgIpc) is 2.29. The summed E-state index contributed by atoms with van der Waals surface area (Å²) in [5.41, 5.74) is 1.21. The van der Waals surface area contributed by atoms with Crippen molar-refractivity contribution in [1.29, 1.82) is 0 Å². The molecule has 1 atom stereocenters. The summed E-state index contributed by atoms with van der Waals surface area (Å²) in [5, 5.41) is 12.7. The van der Waals surface area contributed by atoms with Crippen molar-refractivity contribution < 1.29 is 5.11 Å². The molecule has 0 saturated carbocycles. The lowest BCUT2D eigenvalue weighted by atomic mass is 10.1. The van der Waals surface area contributed by atoms with E-state index in [1.165, 1.54) is 5.56 Å². The van der Waals surface area contributed by atoms with E-state index >= 15 is 0 Å². The molecule has 0 aromatic heterocycles. The van der Waals surface area contributed by atoms with Crippen molar-refractivity contribution in [3.63, 3.8) is 0 Å². The van der Waals surface area contributed by atoms with Crippen LogP contribution >= 0.6 is 0 Å². The molecule has 1 aromatic carbocycles. The smallest absolute Gasteiger partial charge is 0.115 e. The fourth-order valence-corrected chi connectivity index (χ4v) is 1.51. The number of aromatic hydroxyl groups is 1. The molecule has 0 radical (unpaired) electrons. The lowest BCUT2D eigenvalue weighted by molar-refractivity contribution is 0.342. The quantitative estimate of drug-likeness (QED) is 0.772. The lowest BCUT2D eigenvalue weighted by Gasteiger charge is -2.18. The van der Waals surface area contributed by atoms with Crippen LogP contribution < -0.4 is 5.32 Å². The van der Waals surface area contributed by atoms with Crippen molar-refractivity contribution >= 4 is 0 Å². The van der Waals surface area contributed by atoms with Gasteiger partial charge in [0.05, 0.1) is 0 Å². The molecule has 1 aromatic rings. The summed E-state index contributed by atoms with van der Waals surface area (Å²) in [6.07, 6.45) is 0. The number of likely N-dealkylation sites (N-methyl/N-ethyl adjacent to an activating group) is 1.